The molecule has 2 aromatic rings. The van der Waals surface area contributed by atoms with Crippen LogP contribution in [0, 0.1) is 5.82 Å². The van der Waals surface area contributed by atoms with Crippen molar-refractivity contribution in [1.29, 1.82) is 0 Å². The molecule has 2 N–H and O–H groups in total. The van der Waals surface area contributed by atoms with Gasteiger partial charge in [0.15, 0.2) is 15.7 Å². The van der Waals surface area contributed by atoms with Crippen LogP contribution in [0.5, 0.6) is 0 Å². The standard InChI is InChI=1S/C13H16FN5O2S/c1-19(2)13-17-11(16-12(15)18-13)8-22(20,21)7-9-5-3-4-6-10(9)14/h3-6H,7-8H2,1-2H3,(H2,15,16,17,18). The van der Waals surface area contributed by atoms with Gasteiger partial charge in [-0.1, -0.05) is 18.2 Å². The van der Waals surface area contributed by atoms with Gasteiger partial charge in [0.2, 0.25) is 11.9 Å². The highest BCUT2D eigenvalue weighted by Gasteiger charge is 2.18. The first-order chi connectivity index (χ1) is 10.3. The van der Waals surface area contributed by atoms with Crippen molar-refractivity contribution in [3.05, 3.63) is 41.5 Å². The minimum Gasteiger partial charge on any atom is -0.368 e. The van der Waals surface area contributed by atoms with Gasteiger partial charge in [-0.05, 0) is 6.07 Å². The monoisotopic (exact) mass is 325 g/mol. The number of sulfone groups is 1. The van der Waals surface area contributed by atoms with Crippen molar-refractivity contribution in [3.8, 4) is 0 Å². The van der Waals surface area contributed by atoms with Gasteiger partial charge < -0.3 is 10.6 Å². The quantitative estimate of drug-likeness (QED) is 0.866. The molecular formula is C13H16FN5O2S. The Morgan fingerprint density at radius 3 is 2.45 bits per heavy atom. The number of aromatic nitrogens is 3. The summed E-state index contributed by atoms with van der Waals surface area (Å²) in [7, 11) is -0.235. The summed E-state index contributed by atoms with van der Waals surface area (Å²) >= 11 is 0. The minimum absolute atomic E-state index is 0.0348. The minimum atomic E-state index is -3.64. The molecule has 1 aromatic heterocycles. The molecule has 7 nitrogen and oxygen atoms in total. The normalized spacial score (nSPS) is 11.4. The van der Waals surface area contributed by atoms with E-state index < -0.39 is 27.2 Å². The number of anilines is 2. The molecule has 0 bridgehead atoms. The Morgan fingerprint density at radius 1 is 1.14 bits per heavy atom. The topological polar surface area (TPSA) is 102 Å². The third-order valence-electron chi connectivity index (χ3n) is 2.77. The molecule has 0 radical (unpaired) electrons. The Hall–Kier alpha value is -2.29. The number of nitrogen functional groups attached to an aromatic ring is 1. The van der Waals surface area contributed by atoms with Gasteiger partial charge in [0.1, 0.15) is 11.6 Å². The molecule has 0 fully saturated rings. The highest BCUT2D eigenvalue weighted by atomic mass is 32.2. The number of hydrogen-bond acceptors (Lipinski definition) is 7. The Bertz CT molecular complexity index is 780. The van der Waals surface area contributed by atoms with Gasteiger partial charge in [0.05, 0.1) is 5.75 Å². The molecule has 0 saturated heterocycles. The number of nitrogens with two attached hydrogens (primary N) is 1. The van der Waals surface area contributed by atoms with E-state index in [1.54, 1.807) is 25.1 Å². The van der Waals surface area contributed by atoms with E-state index >= 15 is 0 Å². The van der Waals surface area contributed by atoms with Crippen LogP contribution >= 0.6 is 0 Å². The van der Waals surface area contributed by atoms with Gasteiger partial charge in [0, 0.05) is 19.7 Å². The molecule has 0 amide bonds. The van der Waals surface area contributed by atoms with Crippen molar-refractivity contribution in [3.63, 3.8) is 0 Å². The third kappa shape index (κ3) is 4.10. The van der Waals surface area contributed by atoms with E-state index in [1.165, 1.54) is 18.2 Å². The average molecular weight is 325 g/mol. The van der Waals surface area contributed by atoms with Crippen LogP contribution in [0.2, 0.25) is 0 Å². The predicted molar refractivity (Wildman–Crippen MR) is 81.3 cm³/mol. The maximum atomic E-state index is 13.6. The zero-order valence-electron chi connectivity index (χ0n) is 12.2. The second kappa shape index (κ2) is 6.22. The summed E-state index contributed by atoms with van der Waals surface area (Å²) in [5.74, 6) is -1.18. The summed E-state index contributed by atoms with van der Waals surface area (Å²) < 4.78 is 37.9. The van der Waals surface area contributed by atoms with E-state index in [-0.39, 0.29) is 23.3 Å². The number of halogens is 1. The van der Waals surface area contributed by atoms with E-state index in [0.29, 0.717) is 0 Å². The molecule has 118 valence electrons. The summed E-state index contributed by atoms with van der Waals surface area (Å²) in [6.45, 7) is 0. The fourth-order valence-corrected chi connectivity index (χ4v) is 3.12. The van der Waals surface area contributed by atoms with E-state index in [4.69, 9.17) is 5.73 Å². The van der Waals surface area contributed by atoms with Crippen LogP contribution in [0.15, 0.2) is 24.3 Å². The summed E-state index contributed by atoms with van der Waals surface area (Å²) in [6, 6.07) is 5.73. The highest BCUT2D eigenvalue weighted by molar-refractivity contribution is 7.89. The lowest BCUT2D eigenvalue weighted by Crippen LogP contribution is -2.18. The van der Waals surface area contributed by atoms with Crippen LogP contribution in [-0.2, 0) is 21.3 Å². The molecule has 1 heterocycles. The van der Waals surface area contributed by atoms with Crippen molar-refractivity contribution in [1.82, 2.24) is 15.0 Å². The lowest BCUT2D eigenvalue weighted by atomic mass is 10.2. The van der Waals surface area contributed by atoms with E-state index in [1.807, 2.05) is 0 Å². The van der Waals surface area contributed by atoms with Crippen LogP contribution in [0.1, 0.15) is 11.4 Å². The molecule has 0 saturated carbocycles. The zero-order valence-corrected chi connectivity index (χ0v) is 13.0. The molecular weight excluding hydrogens is 309 g/mol. The van der Waals surface area contributed by atoms with Crippen molar-refractivity contribution < 1.29 is 12.8 Å². The highest BCUT2D eigenvalue weighted by Crippen LogP contribution is 2.15. The summed E-state index contributed by atoms with van der Waals surface area (Å²) in [5, 5.41) is 0. The molecule has 22 heavy (non-hydrogen) atoms. The Balaban J connectivity index is 2.24. The molecule has 0 spiro atoms. The Labute approximate surface area is 127 Å². The zero-order chi connectivity index (χ0) is 16.3. The van der Waals surface area contributed by atoms with Crippen LogP contribution in [-0.4, -0.2) is 37.5 Å². The summed E-state index contributed by atoms with van der Waals surface area (Å²) in [5.41, 5.74) is 5.66. The molecule has 0 atom stereocenters. The fourth-order valence-electron chi connectivity index (χ4n) is 1.79. The van der Waals surface area contributed by atoms with Crippen molar-refractivity contribution in [2.75, 3.05) is 24.7 Å². The molecule has 9 heteroatoms. The summed E-state index contributed by atoms with van der Waals surface area (Å²) in [4.78, 5) is 13.3. The maximum Gasteiger partial charge on any atom is 0.229 e. The molecule has 0 aliphatic heterocycles. The maximum absolute atomic E-state index is 13.6. The Kier molecular flexibility index (Phi) is 4.55. The van der Waals surface area contributed by atoms with Crippen LogP contribution < -0.4 is 10.6 Å². The van der Waals surface area contributed by atoms with Crippen molar-refractivity contribution >= 4 is 21.7 Å². The van der Waals surface area contributed by atoms with Crippen LogP contribution in [0.25, 0.3) is 0 Å². The SMILES string of the molecule is CN(C)c1nc(N)nc(CS(=O)(=O)Cc2ccccc2F)n1. The van der Waals surface area contributed by atoms with Gasteiger partial charge in [-0.25, -0.2) is 12.8 Å². The Morgan fingerprint density at radius 2 is 1.82 bits per heavy atom. The predicted octanol–water partition coefficient (Wildman–Crippen LogP) is 0.774. The molecule has 0 unspecified atom stereocenters. The lowest BCUT2D eigenvalue weighted by molar-refractivity contribution is 0.585. The lowest BCUT2D eigenvalue weighted by Gasteiger charge is -2.11. The third-order valence-corrected chi connectivity index (χ3v) is 4.22. The smallest absolute Gasteiger partial charge is 0.229 e. The van der Waals surface area contributed by atoms with E-state index in [9.17, 15) is 12.8 Å². The van der Waals surface area contributed by atoms with Crippen LogP contribution in [0.4, 0.5) is 16.3 Å². The summed E-state index contributed by atoms with van der Waals surface area (Å²) in [6.07, 6.45) is 0. The molecule has 1 aromatic carbocycles. The van der Waals surface area contributed by atoms with Gasteiger partial charge >= 0.3 is 0 Å². The average Bonchev–Trinajstić information content (AvgIpc) is 2.39. The number of benzene rings is 1. The van der Waals surface area contributed by atoms with Gasteiger partial charge in [-0.3, -0.25) is 0 Å². The van der Waals surface area contributed by atoms with E-state index in [0.717, 1.165) is 0 Å². The number of hydrogen-bond donors (Lipinski definition) is 1. The fraction of sp³-hybridized carbons (Fsp3) is 0.308. The van der Waals surface area contributed by atoms with Crippen molar-refractivity contribution in [2.45, 2.75) is 11.5 Å². The molecule has 0 aliphatic rings. The largest absolute Gasteiger partial charge is 0.368 e. The van der Waals surface area contributed by atoms with Gasteiger partial charge in [0.25, 0.3) is 0 Å². The van der Waals surface area contributed by atoms with Gasteiger partial charge in [-0.15, -0.1) is 0 Å². The van der Waals surface area contributed by atoms with Crippen molar-refractivity contribution in [2.24, 2.45) is 0 Å². The first-order valence-electron chi connectivity index (χ1n) is 6.38. The molecule has 2 rings (SSSR count). The second-order valence-corrected chi connectivity index (χ2v) is 6.99. The van der Waals surface area contributed by atoms with Crippen LogP contribution in [0.3, 0.4) is 0 Å². The number of rotatable bonds is 5. The molecule has 0 aliphatic carbocycles. The van der Waals surface area contributed by atoms with E-state index in [2.05, 4.69) is 15.0 Å². The first kappa shape index (κ1) is 16.1. The number of nitrogens with zero attached hydrogens (tertiary/aromatic N) is 4. The van der Waals surface area contributed by atoms with Gasteiger partial charge in [-0.2, -0.15) is 15.0 Å². The second-order valence-electron chi connectivity index (χ2n) is 4.93. The first-order valence-corrected chi connectivity index (χ1v) is 8.20.